The van der Waals surface area contributed by atoms with E-state index in [-0.39, 0.29) is 5.75 Å². The van der Waals surface area contributed by atoms with E-state index in [2.05, 4.69) is 4.98 Å². The maximum absolute atomic E-state index is 11.8. The second-order valence-corrected chi connectivity index (χ2v) is 3.89. The number of pyridine rings is 1. The maximum Gasteiger partial charge on any atom is 0.345 e. The number of aromatic nitrogens is 1. The minimum absolute atomic E-state index is 0.158. The summed E-state index contributed by atoms with van der Waals surface area (Å²) in [6, 6.07) is 11.7. The van der Waals surface area contributed by atoms with Crippen molar-refractivity contribution in [2.45, 2.75) is 0 Å². The average Bonchev–Trinajstić information content (AvgIpc) is 2.39. The van der Waals surface area contributed by atoms with E-state index in [1.165, 1.54) is 12.1 Å². The predicted octanol–water partition coefficient (Wildman–Crippen LogP) is 2.56. The summed E-state index contributed by atoms with van der Waals surface area (Å²) in [7, 11) is 0. The van der Waals surface area contributed by atoms with Crippen molar-refractivity contribution >= 4 is 11.1 Å². The number of hydrogen-bond acceptors (Lipinski definition) is 4. The normalized spacial score (nSPS) is 10.7. The zero-order valence-electron chi connectivity index (χ0n) is 9.33. The van der Waals surface area contributed by atoms with Gasteiger partial charge in [0.2, 0.25) is 5.71 Å². The lowest BCUT2D eigenvalue weighted by Gasteiger charge is -2.01. The summed E-state index contributed by atoms with van der Waals surface area (Å²) >= 11 is 0. The van der Waals surface area contributed by atoms with E-state index in [1.54, 1.807) is 30.5 Å². The number of fused-ring (bicyclic) bond motifs is 1. The van der Waals surface area contributed by atoms with Crippen LogP contribution in [0.2, 0.25) is 0 Å². The monoisotopic (exact) mass is 239 g/mol. The van der Waals surface area contributed by atoms with Crippen molar-refractivity contribution in [1.29, 1.82) is 0 Å². The van der Waals surface area contributed by atoms with E-state index in [0.29, 0.717) is 16.8 Å². The molecule has 0 fully saturated rings. The molecule has 0 saturated heterocycles. The zero-order valence-corrected chi connectivity index (χ0v) is 9.33. The van der Waals surface area contributed by atoms with Crippen molar-refractivity contribution in [2.24, 2.45) is 0 Å². The molecule has 0 aliphatic heterocycles. The molecule has 2 aromatic heterocycles. The number of benzene rings is 1. The van der Waals surface area contributed by atoms with Crippen LogP contribution in [0.3, 0.4) is 0 Å². The Labute approximate surface area is 102 Å². The largest absolute Gasteiger partial charge is 0.508 e. The van der Waals surface area contributed by atoms with Gasteiger partial charge in [0.05, 0.1) is 5.56 Å². The zero-order chi connectivity index (χ0) is 12.5. The molecule has 0 spiro atoms. The lowest BCUT2D eigenvalue weighted by molar-refractivity contribution is 0.475. The van der Waals surface area contributed by atoms with E-state index in [0.717, 1.165) is 5.39 Å². The summed E-state index contributed by atoms with van der Waals surface area (Å²) in [6.45, 7) is 0. The Balaban J connectivity index is 2.26. The topological polar surface area (TPSA) is 63.3 Å². The van der Waals surface area contributed by atoms with Crippen molar-refractivity contribution in [3.05, 3.63) is 59.1 Å². The Morgan fingerprint density at radius 2 is 1.89 bits per heavy atom. The molecule has 88 valence electrons. The third kappa shape index (κ3) is 1.73. The van der Waals surface area contributed by atoms with Crippen LogP contribution in [0, 0.1) is 0 Å². The first kappa shape index (κ1) is 10.5. The van der Waals surface area contributed by atoms with Crippen molar-refractivity contribution in [2.75, 3.05) is 0 Å². The Bertz CT molecular complexity index is 760. The highest BCUT2D eigenvalue weighted by molar-refractivity contribution is 5.78. The first-order valence-electron chi connectivity index (χ1n) is 5.42. The number of aromatic hydroxyl groups is 1. The molecule has 0 bridgehead atoms. The smallest absolute Gasteiger partial charge is 0.345 e. The molecule has 3 aromatic rings. The molecule has 0 radical (unpaired) electrons. The first-order valence-corrected chi connectivity index (χ1v) is 5.42. The van der Waals surface area contributed by atoms with Crippen molar-refractivity contribution in [3.8, 4) is 16.9 Å². The van der Waals surface area contributed by atoms with Crippen LogP contribution >= 0.6 is 0 Å². The molecular formula is C14H9NO3. The predicted molar refractivity (Wildman–Crippen MR) is 67.4 cm³/mol. The van der Waals surface area contributed by atoms with Gasteiger partial charge in [-0.05, 0) is 35.9 Å². The lowest BCUT2D eigenvalue weighted by atomic mass is 10.1. The third-order valence-electron chi connectivity index (χ3n) is 2.69. The van der Waals surface area contributed by atoms with Gasteiger partial charge in [-0.25, -0.2) is 9.78 Å². The fraction of sp³-hybridized carbons (Fsp3) is 0. The maximum atomic E-state index is 11.8. The van der Waals surface area contributed by atoms with Crippen LogP contribution in [0.25, 0.3) is 22.2 Å². The molecule has 18 heavy (non-hydrogen) atoms. The molecule has 0 atom stereocenters. The molecule has 4 heteroatoms. The van der Waals surface area contributed by atoms with Gasteiger partial charge < -0.3 is 9.52 Å². The molecule has 2 heterocycles. The van der Waals surface area contributed by atoms with Gasteiger partial charge in [-0.2, -0.15) is 0 Å². The van der Waals surface area contributed by atoms with Gasteiger partial charge in [-0.15, -0.1) is 0 Å². The van der Waals surface area contributed by atoms with Crippen LogP contribution < -0.4 is 5.63 Å². The van der Waals surface area contributed by atoms with Gasteiger partial charge in [0.1, 0.15) is 5.75 Å². The molecule has 0 aliphatic rings. The second-order valence-electron chi connectivity index (χ2n) is 3.89. The van der Waals surface area contributed by atoms with Gasteiger partial charge in [-0.3, -0.25) is 0 Å². The standard InChI is InChI=1S/C14H9NO3/c16-11-5-3-9(4-6-11)12-8-10-2-1-7-15-13(10)18-14(12)17/h1-8,16H. The average molecular weight is 239 g/mol. The quantitative estimate of drug-likeness (QED) is 0.708. The summed E-state index contributed by atoms with van der Waals surface area (Å²) in [6.07, 6.45) is 1.57. The molecule has 3 rings (SSSR count). The molecule has 1 N–H and O–H groups in total. The van der Waals surface area contributed by atoms with Crippen molar-refractivity contribution in [1.82, 2.24) is 4.98 Å². The van der Waals surface area contributed by atoms with Gasteiger partial charge in [0, 0.05) is 11.6 Å². The van der Waals surface area contributed by atoms with Crippen LogP contribution in [0.5, 0.6) is 5.75 Å². The minimum atomic E-state index is -0.438. The summed E-state index contributed by atoms with van der Waals surface area (Å²) in [5.41, 5.74) is 1.04. The highest BCUT2D eigenvalue weighted by Crippen LogP contribution is 2.21. The summed E-state index contributed by atoms with van der Waals surface area (Å²) in [5.74, 6) is 0.158. The number of phenolic OH excluding ortho intramolecular Hbond substituents is 1. The minimum Gasteiger partial charge on any atom is -0.508 e. The van der Waals surface area contributed by atoms with E-state index in [4.69, 9.17) is 4.42 Å². The first-order chi connectivity index (χ1) is 8.74. The Hall–Kier alpha value is -2.62. The second kappa shape index (κ2) is 4.00. The lowest BCUT2D eigenvalue weighted by Crippen LogP contribution is -2.02. The summed E-state index contributed by atoms with van der Waals surface area (Å²) in [4.78, 5) is 15.8. The van der Waals surface area contributed by atoms with E-state index in [9.17, 15) is 9.90 Å². The van der Waals surface area contributed by atoms with Gasteiger partial charge >= 0.3 is 5.63 Å². The van der Waals surface area contributed by atoms with Crippen LogP contribution in [-0.2, 0) is 0 Å². The summed E-state index contributed by atoms with van der Waals surface area (Å²) in [5, 5.41) is 10.00. The molecule has 0 saturated carbocycles. The fourth-order valence-electron chi connectivity index (χ4n) is 1.80. The Morgan fingerprint density at radius 3 is 2.67 bits per heavy atom. The van der Waals surface area contributed by atoms with Gasteiger partial charge in [0.15, 0.2) is 0 Å². The molecular weight excluding hydrogens is 230 g/mol. The van der Waals surface area contributed by atoms with Crippen LogP contribution in [0.4, 0.5) is 0 Å². The summed E-state index contributed by atoms with van der Waals surface area (Å²) < 4.78 is 5.15. The number of hydrogen-bond donors (Lipinski definition) is 1. The van der Waals surface area contributed by atoms with E-state index in [1.807, 2.05) is 6.07 Å². The molecule has 1 aromatic carbocycles. The molecule has 0 amide bonds. The van der Waals surface area contributed by atoms with Gasteiger partial charge in [-0.1, -0.05) is 12.1 Å². The molecule has 0 unspecified atom stereocenters. The number of phenols is 1. The third-order valence-corrected chi connectivity index (χ3v) is 2.69. The van der Waals surface area contributed by atoms with Gasteiger partial charge in [0.25, 0.3) is 0 Å². The van der Waals surface area contributed by atoms with Crippen LogP contribution in [-0.4, -0.2) is 10.1 Å². The van der Waals surface area contributed by atoms with Crippen LogP contribution in [0.15, 0.2) is 57.9 Å². The number of rotatable bonds is 1. The SMILES string of the molecule is O=c1oc2ncccc2cc1-c1ccc(O)cc1. The Kier molecular flexibility index (Phi) is 2.34. The molecule has 4 nitrogen and oxygen atoms in total. The van der Waals surface area contributed by atoms with Crippen molar-refractivity contribution < 1.29 is 9.52 Å². The van der Waals surface area contributed by atoms with Crippen LogP contribution in [0.1, 0.15) is 0 Å². The Morgan fingerprint density at radius 1 is 1.11 bits per heavy atom. The van der Waals surface area contributed by atoms with E-state index >= 15 is 0 Å². The fourth-order valence-corrected chi connectivity index (χ4v) is 1.80. The van der Waals surface area contributed by atoms with Crippen molar-refractivity contribution in [3.63, 3.8) is 0 Å². The highest BCUT2D eigenvalue weighted by atomic mass is 16.4. The van der Waals surface area contributed by atoms with E-state index < -0.39 is 5.63 Å². The highest BCUT2D eigenvalue weighted by Gasteiger charge is 2.07. The number of nitrogens with zero attached hydrogens (tertiary/aromatic N) is 1. The molecule has 0 aliphatic carbocycles.